The molecule has 2 nitrogen and oxygen atoms in total. The maximum absolute atomic E-state index is 13.0. The SMILES string of the molecule is O=C(c1ccccc1)C1(C(=O)c2ccccc2)C(Cl)(Cl)C1(Cl)Cl. The molecule has 1 aliphatic rings. The van der Waals surface area contributed by atoms with Crippen molar-refractivity contribution in [1.29, 1.82) is 0 Å². The van der Waals surface area contributed by atoms with Crippen LogP contribution >= 0.6 is 46.4 Å². The Morgan fingerprint density at radius 2 is 0.913 bits per heavy atom. The zero-order valence-electron chi connectivity index (χ0n) is 11.6. The highest BCUT2D eigenvalue weighted by molar-refractivity contribution is 6.74. The van der Waals surface area contributed by atoms with Crippen LogP contribution in [-0.2, 0) is 0 Å². The van der Waals surface area contributed by atoms with Crippen LogP contribution in [0.4, 0.5) is 0 Å². The van der Waals surface area contributed by atoms with E-state index in [9.17, 15) is 9.59 Å². The number of alkyl halides is 4. The largest absolute Gasteiger partial charge is 0.293 e. The number of ketones is 2. The van der Waals surface area contributed by atoms with Gasteiger partial charge in [0.2, 0.25) is 0 Å². The first-order valence-electron chi connectivity index (χ1n) is 6.74. The molecular weight excluding hydrogens is 378 g/mol. The Hall–Kier alpha value is -1.06. The van der Waals surface area contributed by atoms with Gasteiger partial charge in [0.15, 0.2) is 25.6 Å². The Balaban J connectivity index is 2.16. The summed E-state index contributed by atoms with van der Waals surface area (Å²) in [7, 11) is 0. The van der Waals surface area contributed by atoms with Crippen LogP contribution in [0, 0.1) is 5.41 Å². The summed E-state index contributed by atoms with van der Waals surface area (Å²) in [6, 6.07) is 16.4. The fourth-order valence-corrected chi connectivity index (χ4v) is 4.53. The second-order valence-electron chi connectivity index (χ2n) is 5.29. The molecule has 0 N–H and O–H groups in total. The lowest BCUT2D eigenvalue weighted by Gasteiger charge is -2.16. The standard InChI is InChI=1S/C17H10Cl4O2/c18-16(19)15(17(16,20)21,13(22)11-7-3-1-4-8-11)14(23)12-9-5-2-6-10-12/h1-10H. The molecule has 0 atom stereocenters. The summed E-state index contributed by atoms with van der Waals surface area (Å²) in [4.78, 5) is 26.0. The van der Waals surface area contributed by atoms with Crippen LogP contribution in [0.2, 0.25) is 0 Å². The van der Waals surface area contributed by atoms with Crippen molar-refractivity contribution in [3.8, 4) is 0 Å². The summed E-state index contributed by atoms with van der Waals surface area (Å²) in [6.45, 7) is 0. The van der Waals surface area contributed by atoms with Gasteiger partial charge in [0.1, 0.15) is 0 Å². The van der Waals surface area contributed by atoms with Crippen molar-refractivity contribution < 1.29 is 9.59 Å². The molecule has 6 heteroatoms. The van der Waals surface area contributed by atoms with Gasteiger partial charge in [-0.15, -0.1) is 0 Å². The molecule has 2 aromatic carbocycles. The zero-order chi connectivity index (χ0) is 16.9. The van der Waals surface area contributed by atoms with Crippen LogP contribution in [0.3, 0.4) is 0 Å². The third-order valence-corrected chi connectivity index (χ3v) is 6.68. The minimum atomic E-state index is -1.95. The van der Waals surface area contributed by atoms with E-state index in [1.54, 1.807) is 60.7 Å². The van der Waals surface area contributed by atoms with Crippen LogP contribution < -0.4 is 0 Å². The first-order chi connectivity index (χ1) is 10.8. The predicted molar refractivity (Wildman–Crippen MR) is 92.9 cm³/mol. The van der Waals surface area contributed by atoms with Crippen LogP contribution in [0.5, 0.6) is 0 Å². The number of rotatable bonds is 4. The molecule has 2 aromatic rings. The molecule has 1 saturated carbocycles. The molecule has 0 radical (unpaired) electrons. The molecular formula is C17H10Cl4O2. The van der Waals surface area contributed by atoms with Gasteiger partial charge in [0.25, 0.3) is 0 Å². The summed E-state index contributed by atoms with van der Waals surface area (Å²) in [6.07, 6.45) is 0. The Labute approximate surface area is 153 Å². The van der Waals surface area contributed by atoms with E-state index in [1.807, 2.05) is 0 Å². The first-order valence-corrected chi connectivity index (χ1v) is 8.25. The van der Waals surface area contributed by atoms with Crippen molar-refractivity contribution in [2.45, 2.75) is 8.67 Å². The molecule has 0 heterocycles. The zero-order valence-corrected chi connectivity index (χ0v) is 14.6. The van der Waals surface area contributed by atoms with Crippen molar-refractivity contribution in [2.75, 3.05) is 0 Å². The van der Waals surface area contributed by atoms with Gasteiger partial charge in [-0.05, 0) is 0 Å². The van der Waals surface area contributed by atoms with Gasteiger partial charge in [-0.2, -0.15) is 0 Å². The quantitative estimate of drug-likeness (QED) is 0.415. The van der Waals surface area contributed by atoms with E-state index in [0.717, 1.165) is 0 Å². The number of halogens is 4. The molecule has 1 fully saturated rings. The summed E-state index contributed by atoms with van der Waals surface area (Å²) in [5.41, 5.74) is -1.41. The first kappa shape index (κ1) is 16.8. The lowest BCUT2D eigenvalue weighted by Crippen LogP contribution is -2.33. The molecule has 118 valence electrons. The Kier molecular flexibility index (Phi) is 4.01. The Morgan fingerprint density at radius 3 is 1.17 bits per heavy atom. The molecule has 23 heavy (non-hydrogen) atoms. The molecule has 1 aliphatic carbocycles. The van der Waals surface area contributed by atoms with E-state index in [0.29, 0.717) is 0 Å². The maximum atomic E-state index is 13.0. The summed E-state index contributed by atoms with van der Waals surface area (Å²) < 4.78 is -3.83. The predicted octanol–water partition coefficient (Wildman–Crippen LogP) is 5.10. The lowest BCUT2D eigenvalue weighted by molar-refractivity contribution is 0.0778. The number of Topliss-reactive ketones (excluding diaryl/α,β-unsaturated/α-hetero) is 2. The maximum Gasteiger partial charge on any atom is 0.183 e. The number of benzene rings is 2. The monoisotopic (exact) mass is 386 g/mol. The number of carbonyl (C=O) groups excluding carboxylic acids is 2. The van der Waals surface area contributed by atoms with Crippen LogP contribution in [0.1, 0.15) is 20.7 Å². The van der Waals surface area contributed by atoms with E-state index in [2.05, 4.69) is 0 Å². The highest BCUT2D eigenvalue weighted by atomic mass is 35.5. The van der Waals surface area contributed by atoms with Crippen LogP contribution in [0.15, 0.2) is 60.7 Å². The van der Waals surface area contributed by atoms with Gasteiger partial charge in [-0.25, -0.2) is 0 Å². The molecule has 3 rings (SSSR count). The van der Waals surface area contributed by atoms with Gasteiger partial charge in [0, 0.05) is 11.1 Å². The molecule has 0 spiro atoms. The Morgan fingerprint density at radius 1 is 0.609 bits per heavy atom. The van der Waals surface area contributed by atoms with Crippen molar-refractivity contribution in [3.63, 3.8) is 0 Å². The molecule has 0 amide bonds. The lowest BCUT2D eigenvalue weighted by atomic mass is 9.86. The van der Waals surface area contributed by atoms with Crippen molar-refractivity contribution in [3.05, 3.63) is 71.8 Å². The average Bonchev–Trinajstić information content (AvgIpc) is 2.93. The second-order valence-corrected chi connectivity index (χ2v) is 7.94. The number of hydrogen-bond donors (Lipinski definition) is 0. The highest BCUT2D eigenvalue weighted by Crippen LogP contribution is 2.79. The minimum Gasteiger partial charge on any atom is -0.293 e. The van der Waals surface area contributed by atoms with Gasteiger partial charge < -0.3 is 0 Å². The molecule has 0 unspecified atom stereocenters. The normalized spacial score (nSPS) is 19.8. The highest BCUT2D eigenvalue weighted by Gasteiger charge is 2.93. The second kappa shape index (κ2) is 5.49. The van der Waals surface area contributed by atoms with Crippen molar-refractivity contribution >= 4 is 58.0 Å². The fraction of sp³-hybridized carbons (Fsp3) is 0.176. The summed E-state index contributed by atoms with van der Waals surface area (Å²) in [5.74, 6) is -1.19. The van der Waals surface area contributed by atoms with Crippen LogP contribution in [0.25, 0.3) is 0 Å². The smallest absolute Gasteiger partial charge is 0.183 e. The van der Waals surface area contributed by atoms with E-state index < -0.39 is 25.6 Å². The van der Waals surface area contributed by atoms with E-state index in [1.165, 1.54) is 0 Å². The average molecular weight is 388 g/mol. The fourth-order valence-electron chi connectivity index (χ4n) is 2.70. The van der Waals surface area contributed by atoms with Gasteiger partial charge in [-0.1, -0.05) is 107 Å². The Bertz CT molecular complexity index is 702. The summed E-state index contributed by atoms with van der Waals surface area (Å²) >= 11 is 24.8. The molecule has 0 saturated heterocycles. The molecule has 0 aliphatic heterocycles. The van der Waals surface area contributed by atoms with E-state index >= 15 is 0 Å². The topological polar surface area (TPSA) is 34.1 Å². The van der Waals surface area contributed by atoms with Gasteiger partial charge >= 0.3 is 0 Å². The number of hydrogen-bond acceptors (Lipinski definition) is 2. The van der Waals surface area contributed by atoms with Gasteiger partial charge in [-0.3, -0.25) is 9.59 Å². The van der Waals surface area contributed by atoms with E-state index in [4.69, 9.17) is 46.4 Å². The van der Waals surface area contributed by atoms with Gasteiger partial charge in [0.05, 0.1) is 0 Å². The van der Waals surface area contributed by atoms with Crippen LogP contribution in [-0.4, -0.2) is 20.2 Å². The van der Waals surface area contributed by atoms with Crippen molar-refractivity contribution in [2.24, 2.45) is 5.41 Å². The molecule has 0 bridgehead atoms. The van der Waals surface area contributed by atoms with Crippen molar-refractivity contribution in [1.82, 2.24) is 0 Å². The number of carbonyl (C=O) groups is 2. The van der Waals surface area contributed by atoms with E-state index in [-0.39, 0.29) is 11.1 Å². The third kappa shape index (κ3) is 2.09. The summed E-state index contributed by atoms with van der Waals surface area (Å²) in [5, 5.41) is 0. The third-order valence-electron chi connectivity index (χ3n) is 4.03. The minimum absolute atomic E-state index is 0.269. The molecule has 0 aromatic heterocycles.